The van der Waals surface area contributed by atoms with Crippen LogP contribution in [0.1, 0.15) is 18.1 Å². The molecule has 0 saturated carbocycles. The van der Waals surface area contributed by atoms with Crippen LogP contribution in [0.25, 0.3) is 0 Å². The van der Waals surface area contributed by atoms with Gasteiger partial charge in [0, 0.05) is 18.8 Å². The van der Waals surface area contributed by atoms with E-state index in [1.807, 2.05) is 49.4 Å². The zero-order valence-corrected chi connectivity index (χ0v) is 17.6. The first kappa shape index (κ1) is 21.0. The molecule has 3 rings (SSSR count). The van der Waals surface area contributed by atoms with Gasteiger partial charge in [0.1, 0.15) is 5.54 Å². The van der Waals surface area contributed by atoms with Crippen molar-refractivity contribution in [2.75, 3.05) is 24.2 Å². The third-order valence-electron chi connectivity index (χ3n) is 5.09. The van der Waals surface area contributed by atoms with Gasteiger partial charge in [-0.15, -0.1) is 0 Å². The smallest absolute Gasteiger partial charge is 0.247 e. The zero-order chi connectivity index (χ0) is 21.2. The second-order valence-electron chi connectivity index (χ2n) is 7.54. The third-order valence-corrected chi connectivity index (χ3v) is 6.28. The normalized spacial score (nSPS) is 20.5. The standard InChI is InChI=1S/C21H25N3O4S/c1-16-9-11-18(12-10-16)24-19(25)14-23(29(3,27)28)15-21(24,2)20(26)22-13-17-7-5-4-6-8-17/h4-12H,13-15H2,1-3H3,(H,22,26). The van der Waals surface area contributed by atoms with Crippen molar-refractivity contribution in [3.8, 4) is 0 Å². The molecule has 154 valence electrons. The lowest BCUT2D eigenvalue weighted by molar-refractivity contribution is -0.133. The van der Waals surface area contributed by atoms with E-state index in [-0.39, 0.29) is 19.6 Å². The molecule has 2 amide bonds. The van der Waals surface area contributed by atoms with Gasteiger partial charge >= 0.3 is 0 Å². The molecule has 1 aliphatic heterocycles. The van der Waals surface area contributed by atoms with E-state index >= 15 is 0 Å². The topological polar surface area (TPSA) is 86.8 Å². The average Bonchev–Trinajstić information content (AvgIpc) is 2.67. The van der Waals surface area contributed by atoms with Crippen LogP contribution in [0.2, 0.25) is 0 Å². The van der Waals surface area contributed by atoms with Crippen LogP contribution in [0, 0.1) is 6.92 Å². The van der Waals surface area contributed by atoms with E-state index in [4.69, 9.17) is 0 Å². The first-order chi connectivity index (χ1) is 13.6. The molecule has 29 heavy (non-hydrogen) atoms. The van der Waals surface area contributed by atoms with E-state index in [1.54, 1.807) is 19.1 Å². The van der Waals surface area contributed by atoms with E-state index < -0.39 is 27.4 Å². The van der Waals surface area contributed by atoms with Crippen molar-refractivity contribution >= 4 is 27.5 Å². The maximum atomic E-state index is 13.2. The summed E-state index contributed by atoms with van der Waals surface area (Å²) in [6.45, 7) is 3.39. The number of nitrogens with one attached hydrogen (secondary N) is 1. The molecule has 2 aromatic rings. The summed E-state index contributed by atoms with van der Waals surface area (Å²) >= 11 is 0. The fourth-order valence-electron chi connectivity index (χ4n) is 3.47. The molecule has 1 N–H and O–H groups in total. The maximum Gasteiger partial charge on any atom is 0.247 e. The van der Waals surface area contributed by atoms with Crippen molar-refractivity contribution in [2.24, 2.45) is 0 Å². The molecule has 0 spiro atoms. The molecule has 2 aromatic carbocycles. The van der Waals surface area contributed by atoms with Gasteiger partial charge in [-0.1, -0.05) is 48.0 Å². The maximum absolute atomic E-state index is 13.2. The lowest BCUT2D eigenvalue weighted by Crippen LogP contribution is -2.70. The Morgan fingerprint density at radius 2 is 1.72 bits per heavy atom. The highest BCUT2D eigenvalue weighted by molar-refractivity contribution is 7.88. The Balaban J connectivity index is 1.95. The Morgan fingerprint density at radius 3 is 2.31 bits per heavy atom. The molecule has 1 saturated heterocycles. The molecule has 8 heteroatoms. The highest BCUT2D eigenvalue weighted by Gasteiger charge is 2.50. The molecular weight excluding hydrogens is 390 g/mol. The summed E-state index contributed by atoms with van der Waals surface area (Å²) in [6.07, 6.45) is 1.05. The minimum absolute atomic E-state index is 0.119. The Labute approximate surface area is 171 Å². The molecule has 7 nitrogen and oxygen atoms in total. The second kappa shape index (κ2) is 7.96. The number of rotatable bonds is 5. The summed E-state index contributed by atoms with van der Waals surface area (Å²) in [6, 6.07) is 16.6. The first-order valence-electron chi connectivity index (χ1n) is 9.28. The van der Waals surface area contributed by atoms with Crippen LogP contribution in [0.15, 0.2) is 54.6 Å². The van der Waals surface area contributed by atoms with E-state index in [9.17, 15) is 18.0 Å². The van der Waals surface area contributed by atoms with Crippen molar-refractivity contribution in [1.29, 1.82) is 0 Å². The number of hydrogen-bond acceptors (Lipinski definition) is 4. The van der Waals surface area contributed by atoms with E-state index in [0.29, 0.717) is 5.69 Å². The minimum atomic E-state index is -3.64. The molecule has 1 aliphatic rings. The zero-order valence-electron chi connectivity index (χ0n) is 16.8. The number of nitrogens with zero attached hydrogens (tertiary/aromatic N) is 2. The molecular formula is C21H25N3O4S. The highest BCUT2D eigenvalue weighted by Crippen LogP contribution is 2.30. The minimum Gasteiger partial charge on any atom is -0.350 e. The largest absolute Gasteiger partial charge is 0.350 e. The van der Waals surface area contributed by atoms with Crippen LogP contribution in [0.4, 0.5) is 5.69 Å². The van der Waals surface area contributed by atoms with Crippen LogP contribution >= 0.6 is 0 Å². The Morgan fingerprint density at radius 1 is 1.10 bits per heavy atom. The van der Waals surface area contributed by atoms with Gasteiger partial charge < -0.3 is 5.32 Å². The van der Waals surface area contributed by atoms with Crippen molar-refractivity contribution < 1.29 is 18.0 Å². The Kier molecular flexibility index (Phi) is 5.77. The van der Waals surface area contributed by atoms with Crippen LogP contribution in [0.5, 0.6) is 0 Å². The number of amides is 2. The fourth-order valence-corrected chi connectivity index (χ4v) is 4.30. The lowest BCUT2D eigenvalue weighted by Gasteiger charge is -2.46. The van der Waals surface area contributed by atoms with Crippen LogP contribution in [-0.4, -0.2) is 49.4 Å². The molecule has 1 fully saturated rings. The number of anilines is 1. The summed E-state index contributed by atoms with van der Waals surface area (Å²) in [4.78, 5) is 27.6. The predicted molar refractivity (Wildman–Crippen MR) is 112 cm³/mol. The van der Waals surface area contributed by atoms with Gasteiger partial charge in [-0.05, 0) is 31.5 Å². The van der Waals surface area contributed by atoms with Crippen molar-refractivity contribution in [3.05, 3.63) is 65.7 Å². The summed E-state index contributed by atoms with van der Waals surface area (Å²) in [5.41, 5.74) is 1.10. The highest BCUT2D eigenvalue weighted by atomic mass is 32.2. The van der Waals surface area contributed by atoms with Crippen LogP contribution in [0.3, 0.4) is 0 Å². The Bertz CT molecular complexity index is 1010. The van der Waals surface area contributed by atoms with Crippen molar-refractivity contribution in [1.82, 2.24) is 9.62 Å². The average molecular weight is 416 g/mol. The summed E-state index contributed by atoms with van der Waals surface area (Å²) in [5.74, 6) is -0.855. The number of carbonyl (C=O) groups excluding carboxylic acids is 2. The first-order valence-corrected chi connectivity index (χ1v) is 11.1. The molecule has 1 heterocycles. The van der Waals surface area contributed by atoms with Gasteiger partial charge in [0.2, 0.25) is 21.8 Å². The van der Waals surface area contributed by atoms with Gasteiger partial charge in [-0.25, -0.2) is 8.42 Å². The number of aryl methyl sites for hydroxylation is 1. The van der Waals surface area contributed by atoms with Crippen LogP contribution in [-0.2, 0) is 26.2 Å². The Hall–Kier alpha value is -2.71. The van der Waals surface area contributed by atoms with Gasteiger partial charge in [0.25, 0.3) is 0 Å². The monoisotopic (exact) mass is 415 g/mol. The third kappa shape index (κ3) is 4.49. The molecule has 0 aliphatic carbocycles. The number of sulfonamides is 1. The molecule has 1 unspecified atom stereocenters. The number of benzene rings is 2. The van der Waals surface area contributed by atoms with Gasteiger partial charge in [-0.2, -0.15) is 4.31 Å². The van der Waals surface area contributed by atoms with Gasteiger partial charge in [0.15, 0.2) is 0 Å². The summed E-state index contributed by atoms with van der Waals surface area (Å²) < 4.78 is 25.3. The summed E-state index contributed by atoms with van der Waals surface area (Å²) in [7, 11) is -3.64. The van der Waals surface area contributed by atoms with E-state index in [1.165, 1.54) is 4.90 Å². The molecule has 0 bridgehead atoms. The predicted octanol–water partition coefficient (Wildman–Crippen LogP) is 1.68. The van der Waals surface area contributed by atoms with E-state index in [0.717, 1.165) is 21.7 Å². The second-order valence-corrected chi connectivity index (χ2v) is 9.52. The fraction of sp³-hybridized carbons (Fsp3) is 0.333. The quantitative estimate of drug-likeness (QED) is 0.805. The molecule has 0 aromatic heterocycles. The van der Waals surface area contributed by atoms with Gasteiger partial charge in [0.05, 0.1) is 12.8 Å². The van der Waals surface area contributed by atoms with Crippen molar-refractivity contribution in [2.45, 2.75) is 25.9 Å². The number of hydrogen-bond donors (Lipinski definition) is 1. The van der Waals surface area contributed by atoms with Crippen molar-refractivity contribution in [3.63, 3.8) is 0 Å². The molecule has 1 atom stereocenters. The summed E-state index contributed by atoms with van der Waals surface area (Å²) in [5, 5.41) is 2.86. The van der Waals surface area contributed by atoms with E-state index in [2.05, 4.69) is 5.32 Å². The van der Waals surface area contributed by atoms with Gasteiger partial charge in [-0.3, -0.25) is 14.5 Å². The molecule has 0 radical (unpaired) electrons. The van der Waals surface area contributed by atoms with Crippen LogP contribution < -0.4 is 10.2 Å². The lowest BCUT2D eigenvalue weighted by atomic mass is 9.94. The SMILES string of the molecule is Cc1ccc(N2C(=O)CN(S(C)(=O)=O)CC2(C)C(=O)NCc2ccccc2)cc1. The number of piperazine rings is 1. The number of carbonyl (C=O) groups is 2.